The molecule has 0 aliphatic rings. The molecule has 78 valence electrons. The van der Waals surface area contributed by atoms with Gasteiger partial charge in [-0.3, -0.25) is 0 Å². The molecule has 0 aromatic heterocycles. The third-order valence-corrected chi connectivity index (χ3v) is 5.08. The van der Waals surface area contributed by atoms with Crippen LogP contribution in [0, 0.1) is 0 Å². The Morgan fingerprint density at radius 3 is 2.36 bits per heavy atom. The van der Waals surface area contributed by atoms with Crippen molar-refractivity contribution in [2.45, 2.75) is 32.7 Å². The molecule has 2 heteroatoms. The fourth-order valence-corrected chi connectivity index (χ4v) is 4.00. The summed E-state index contributed by atoms with van der Waals surface area (Å²) in [7, 11) is -1.18. The second-order valence-electron chi connectivity index (χ2n) is 3.95. The Kier molecular flexibility index (Phi) is 4.91. The van der Waals surface area contributed by atoms with E-state index in [-0.39, 0.29) is 0 Å². The molecule has 0 saturated carbocycles. The van der Waals surface area contributed by atoms with Crippen LogP contribution in [-0.4, -0.2) is 15.6 Å². The van der Waals surface area contributed by atoms with Gasteiger partial charge in [0.15, 0.2) is 0 Å². The summed E-state index contributed by atoms with van der Waals surface area (Å²) in [5.74, 6) is 0. The second kappa shape index (κ2) is 5.99. The van der Waals surface area contributed by atoms with Crippen molar-refractivity contribution >= 4 is 14.2 Å². The van der Waals surface area contributed by atoms with Crippen molar-refractivity contribution < 1.29 is 4.43 Å². The molecule has 1 aromatic carbocycles. The highest BCUT2D eigenvalue weighted by atomic mass is 28.3. The number of hydrogen-bond acceptors (Lipinski definition) is 1. The lowest BCUT2D eigenvalue weighted by atomic mass is 10.4. The van der Waals surface area contributed by atoms with Gasteiger partial charge in [0.1, 0.15) is 0 Å². The molecule has 0 fully saturated rings. The summed E-state index contributed by atoms with van der Waals surface area (Å²) >= 11 is 0. The minimum Gasteiger partial charge on any atom is -0.415 e. The minimum absolute atomic E-state index is 0.670. The van der Waals surface area contributed by atoms with Crippen molar-refractivity contribution in [2.24, 2.45) is 0 Å². The van der Waals surface area contributed by atoms with Crippen LogP contribution < -0.4 is 5.19 Å². The van der Waals surface area contributed by atoms with E-state index >= 15 is 0 Å². The van der Waals surface area contributed by atoms with Gasteiger partial charge in [-0.1, -0.05) is 51.1 Å². The highest BCUT2D eigenvalue weighted by molar-refractivity contribution is 6.68. The van der Waals surface area contributed by atoms with Gasteiger partial charge in [0, 0.05) is 6.61 Å². The smallest absolute Gasteiger partial charge is 0.210 e. The van der Waals surface area contributed by atoms with Gasteiger partial charge in [-0.05, 0) is 17.1 Å². The number of hydrogen-bond donors (Lipinski definition) is 0. The van der Waals surface area contributed by atoms with Gasteiger partial charge >= 0.3 is 0 Å². The third-order valence-electron chi connectivity index (χ3n) is 2.24. The molecule has 0 N–H and O–H groups in total. The highest BCUT2D eigenvalue weighted by Gasteiger charge is 2.18. The summed E-state index contributed by atoms with van der Waals surface area (Å²) in [5.41, 5.74) is 0.670. The van der Waals surface area contributed by atoms with Crippen LogP contribution in [0.4, 0.5) is 0 Å². The first-order chi connectivity index (χ1) is 6.75. The molecule has 14 heavy (non-hydrogen) atoms. The van der Waals surface area contributed by atoms with Crippen LogP contribution in [0.15, 0.2) is 30.3 Å². The van der Waals surface area contributed by atoms with Crippen LogP contribution in [0.1, 0.15) is 27.2 Å². The van der Waals surface area contributed by atoms with Crippen molar-refractivity contribution in [3.8, 4) is 0 Å². The SMILES string of the molecule is CCCO[SiH](c1ccccc1)C(C)C. The van der Waals surface area contributed by atoms with E-state index in [9.17, 15) is 0 Å². The quantitative estimate of drug-likeness (QED) is 0.675. The average Bonchev–Trinajstić information content (AvgIpc) is 2.19. The maximum absolute atomic E-state index is 5.98. The highest BCUT2D eigenvalue weighted by Crippen LogP contribution is 2.09. The molecular formula is C12H20OSi. The van der Waals surface area contributed by atoms with Crippen LogP contribution >= 0.6 is 0 Å². The Labute approximate surface area is 88.8 Å². The van der Waals surface area contributed by atoms with E-state index in [1.54, 1.807) is 0 Å². The van der Waals surface area contributed by atoms with Crippen LogP contribution in [-0.2, 0) is 4.43 Å². The van der Waals surface area contributed by atoms with Crippen LogP contribution in [0.3, 0.4) is 0 Å². The van der Waals surface area contributed by atoms with E-state index in [0.29, 0.717) is 5.54 Å². The van der Waals surface area contributed by atoms with Crippen molar-refractivity contribution in [1.29, 1.82) is 0 Å². The zero-order valence-electron chi connectivity index (χ0n) is 9.36. The Hall–Kier alpha value is -0.603. The van der Waals surface area contributed by atoms with Gasteiger partial charge in [-0.25, -0.2) is 0 Å². The number of rotatable bonds is 5. The largest absolute Gasteiger partial charge is 0.415 e. The molecule has 1 atom stereocenters. The summed E-state index contributed by atoms with van der Waals surface area (Å²) in [6.07, 6.45) is 1.11. The molecule has 0 spiro atoms. The summed E-state index contributed by atoms with van der Waals surface area (Å²) in [6.45, 7) is 7.60. The zero-order valence-corrected chi connectivity index (χ0v) is 10.5. The monoisotopic (exact) mass is 208 g/mol. The van der Waals surface area contributed by atoms with Gasteiger partial charge in [0.05, 0.1) is 0 Å². The summed E-state index contributed by atoms with van der Waals surface area (Å²) < 4.78 is 5.98. The van der Waals surface area contributed by atoms with E-state index in [4.69, 9.17) is 4.43 Å². The summed E-state index contributed by atoms with van der Waals surface area (Å²) in [6, 6.07) is 10.7. The van der Waals surface area contributed by atoms with E-state index in [1.165, 1.54) is 5.19 Å². The van der Waals surface area contributed by atoms with Crippen LogP contribution in [0.2, 0.25) is 5.54 Å². The molecular weight excluding hydrogens is 188 g/mol. The van der Waals surface area contributed by atoms with Crippen molar-refractivity contribution in [3.05, 3.63) is 30.3 Å². The Morgan fingerprint density at radius 1 is 1.21 bits per heavy atom. The fourth-order valence-electron chi connectivity index (χ4n) is 1.56. The first-order valence-electron chi connectivity index (χ1n) is 5.42. The van der Waals surface area contributed by atoms with Gasteiger partial charge in [-0.15, -0.1) is 0 Å². The molecule has 1 nitrogen and oxygen atoms in total. The molecule has 0 heterocycles. The first-order valence-corrected chi connectivity index (χ1v) is 7.13. The summed E-state index contributed by atoms with van der Waals surface area (Å²) in [4.78, 5) is 0. The van der Waals surface area contributed by atoms with E-state index in [2.05, 4.69) is 51.1 Å². The predicted molar refractivity (Wildman–Crippen MR) is 64.6 cm³/mol. The normalized spacial score (nSPS) is 13.1. The minimum atomic E-state index is -1.18. The fraction of sp³-hybridized carbons (Fsp3) is 0.500. The van der Waals surface area contributed by atoms with Crippen LogP contribution in [0.25, 0.3) is 0 Å². The standard InChI is InChI=1S/C12H20OSi/c1-4-10-13-14(11(2)3)12-8-6-5-7-9-12/h5-9,11,14H,4,10H2,1-3H3. The number of benzene rings is 1. The Balaban J connectivity index is 2.68. The molecule has 1 rings (SSSR count). The lowest BCUT2D eigenvalue weighted by Gasteiger charge is -2.19. The van der Waals surface area contributed by atoms with Crippen molar-refractivity contribution in [2.75, 3.05) is 6.61 Å². The molecule has 0 aliphatic heterocycles. The maximum atomic E-state index is 5.98. The first kappa shape index (κ1) is 11.5. The zero-order chi connectivity index (χ0) is 10.4. The van der Waals surface area contributed by atoms with Gasteiger partial charge in [0.2, 0.25) is 9.04 Å². The lowest BCUT2D eigenvalue weighted by molar-refractivity contribution is 0.321. The predicted octanol–water partition coefficient (Wildman–Crippen LogP) is 2.45. The van der Waals surface area contributed by atoms with Crippen molar-refractivity contribution in [1.82, 2.24) is 0 Å². The average molecular weight is 208 g/mol. The van der Waals surface area contributed by atoms with E-state index in [0.717, 1.165) is 13.0 Å². The molecule has 1 unspecified atom stereocenters. The Morgan fingerprint density at radius 2 is 1.86 bits per heavy atom. The van der Waals surface area contributed by atoms with Gasteiger partial charge < -0.3 is 4.43 Å². The third kappa shape index (κ3) is 3.27. The maximum Gasteiger partial charge on any atom is 0.210 e. The van der Waals surface area contributed by atoms with E-state index in [1.807, 2.05) is 0 Å². The molecule has 0 bridgehead atoms. The lowest BCUT2D eigenvalue weighted by Crippen LogP contribution is -2.36. The molecule has 0 amide bonds. The molecule has 0 radical (unpaired) electrons. The van der Waals surface area contributed by atoms with Crippen molar-refractivity contribution in [3.63, 3.8) is 0 Å². The second-order valence-corrected chi connectivity index (χ2v) is 7.12. The molecule has 1 aromatic rings. The topological polar surface area (TPSA) is 9.23 Å². The van der Waals surface area contributed by atoms with Crippen LogP contribution in [0.5, 0.6) is 0 Å². The summed E-state index contributed by atoms with van der Waals surface area (Å²) in [5, 5.41) is 1.43. The van der Waals surface area contributed by atoms with E-state index < -0.39 is 9.04 Å². The Bertz CT molecular complexity index is 246. The van der Waals surface area contributed by atoms with Gasteiger partial charge in [-0.2, -0.15) is 0 Å². The molecule has 0 saturated heterocycles. The van der Waals surface area contributed by atoms with Gasteiger partial charge in [0.25, 0.3) is 0 Å². The molecule has 0 aliphatic carbocycles.